The summed E-state index contributed by atoms with van der Waals surface area (Å²) in [6.07, 6.45) is 3.20. The normalized spacial score (nSPS) is 24.8. The Labute approximate surface area is 196 Å². The standard InChI is InChI=1S/C24H20N4O5S/c25-14-24(15-27-12-11-26-16-27)22(28-19(29)13-20(28)34(24,31)32)23(30)33-21(17-7-3-1-4-8-17)18-9-5-2-6-10-18/h1-12,16,20-22H,13,15H2. The maximum atomic E-state index is 13.7. The van der Waals surface area contributed by atoms with E-state index in [4.69, 9.17) is 4.74 Å². The highest BCUT2D eigenvalue weighted by molar-refractivity contribution is 7.94. The second-order valence-corrected chi connectivity index (χ2v) is 10.6. The minimum Gasteiger partial charge on any atom is -0.451 e. The van der Waals surface area contributed by atoms with Crippen LogP contribution in [0.1, 0.15) is 23.7 Å². The lowest BCUT2D eigenvalue weighted by atomic mass is 9.95. The van der Waals surface area contributed by atoms with Crippen LogP contribution in [0.2, 0.25) is 0 Å². The summed E-state index contributed by atoms with van der Waals surface area (Å²) < 4.78 is 32.0. The summed E-state index contributed by atoms with van der Waals surface area (Å²) in [7, 11) is -4.21. The summed E-state index contributed by atoms with van der Waals surface area (Å²) in [5, 5.41) is 8.95. The first-order valence-electron chi connectivity index (χ1n) is 10.6. The van der Waals surface area contributed by atoms with E-state index in [1.165, 1.54) is 23.3 Å². The number of imidazole rings is 1. The Morgan fingerprint density at radius 1 is 1.15 bits per heavy atom. The summed E-state index contributed by atoms with van der Waals surface area (Å²) in [5.41, 5.74) is 1.35. The number of benzene rings is 2. The van der Waals surface area contributed by atoms with E-state index in [0.717, 1.165) is 4.90 Å². The zero-order valence-electron chi connectivity index (χ0n) is 17.9. The molecule has 0 spiro atoms. The quantitative estimate of drug-likeness (QED) is 0.393. The van der Waals surface area contributed by atoms with Crippen LogP contribution in [0, 0.1) is 11.3 Å². The zero-order valence-corrected chi connectivity index (χ0v) is 18.7. The van der Waals surface area contributed by atoms with Gasteiger partial charge in [-0.15, -0.1) is 0 Å². The minimum atomic E-state index is -4.21. The van der Waals surface area contributed by atoms with Crippen LogP contribution in [0.4, 0.5) is 0 Å². The third-order valence-electron chi connectivity index (χ3n) is 6.36. The van der Waals surface area contributed by atoms with Gasteiger partial charge in [0.15, 0.2) is 22.0 Å². The van der Waals surface area contributed by atoms with Gasteiger partial charge in [-0.3, -0.25) is 4.79 Å². The van der Waals surface area contributed by atoms with Crippen LogP contribution in [0.3, 0.4) is 0 Å². The number of ether oxygens (including phenoxy) is 1. The number of fused-ring (bicyclic) bond motifs is 1. The topological polar surface area (TPSA) is 122 Å². The number of sulfone groups is 1. The van der Waals surface area contributed by atoms with Crippen LogP contribution in [-0.2, 0) is 30.7 Å². The van der Waals surface area contributed by atoms with Gasteiger partial charge in [0.25, 0.3) is 0 Å². The molecule has 2 saturated heterocycles. The Balaban J connectivity index is 1.58. The van der Waals surface area contributed by atoms with Crippen molar-refractivity contribution >= 4 is 21.7 Å². The average molecular weight is 477 g/mol. The van der Waals surface area contributed by atoms with E-state index in [9.17, 15) is 23.3 Å². The molecule has 3 heterocycles. The van der Waals surface area contributed by atoms with Gasteiger partial charge < -0.3 is 14.2 Å². The Morgan fingerprint density at radius 2 is 1.76 bits per heavy atom. The number of aromatic nitrogens is 2. The largest absolute Gasteiger partial charge is 0.451 e. The van der Waals surface area contributed by atoms with E-state index < -0.39 is 44.0 Å². The molecule has 10 heteroatoms. The Bertz CT molecular complexity index is 1330. The molecule has 0 aliphatic carbocycles. The second-order valence-electron chi connectivity index (χ2n) is 8.28. The molecule has 3 atom stereocenters. The van der Waals surface area contributed by atoms with Crippen molar-refractivity contribution in [3.63, 3.8) is 0 Å². The predicted octanol–water partition coefficient (Wildman–Crippen LogP) is 1.83. The molecule has 2 fully saturated rings. The highest BCUT2D eigenvalue weighted by atomic mass is 32.2. The minimum absolute atomic E-state index is 0.264. The van der Waals surface area contributed by atoms with E-state index in [1.54, 1.807) is 48.5 Å². The van der Waals surface area contributed by atoms with Crippen molar-refractivity contribution in [3.8, 4) is 6.07 Å². The highest BCUT2D eigenvalue weighted by Crippen LogP contribution is 2.47. The lowest BCUT2D eigenvalue weighted by molar-refractivity contribution is -0.164. The molecular weight excluding hydrogens is 456 g/mol. The van der Waals surface area contributed by atoms with Crippen LogP contribution in [0.5, 0.6) is 0 Å². The van der Waals surface area contributed by atoms with Gasteiger partial charge in [-0.25, -0.2) is 18.2 Å². The SMILES string of the molecule is N#CC1(Cn2ccnc2)C(C(=O)OC(c2ccccc2)c2ccccc2)N2C(=O)CC2S1(=O)=O. The van der Waals surface area contributed by atoms with Gasteiger partial charge in [0.2, 0.25) is 10.7 Å². The molecule has 9 nitrogen and oxygen atoms in total. The third-order valence-corrected chi connectivity index (χ3v) is 8.93. The number of β-lactam (4-membered cyclic amide) rings is 1. The molecule has 0 N–H and O–H groups in total. The van der Waals surface area contributed by atoms with E-state index in [2.05, 4.69) is 4.98 Å². The number of esters is 1. The number of carbonyl (C=O) groups is 2. The summed E-state index contributed by atoms with van der Waals surface area (Å²) in [6.45, 7) is -0.354. The molecule has 0 bridgehead atoms. The van der Waals surface area contributed by atoms with Gasteiger partial charge in [0.1, 0.15) is 5.37 Å². The van der Waals surface area contributed by atoms with Gasteiger partial charge in [-0.1, -0.05) is 60.7 Å². The van der Waals surface area contributed by atoms with Crippen LogP contribution >= 0.6 is 0 Å². The fourth-order valence-corrected chi connectivity index (χ4v) is 7.01. The summed E-state index contributed by atoms with van der Waals surface area (Å²) >= 11 is 0. The molecule has 5 rings (SSSR count). The second kappa shape index (κ2) is 8.11. The maximum Gasteiger partial charge on any atom is 0.332 e. The molecule has 3 aromatic rings. The van der Waals surface area contributed by atoms with E-state index in [1.807, 2.05) is 18.2 Å². The van der Waals surface area contributed by atoms with Crippen molar-refractivity contribution in [2.45, 2.75) is 35.2 Å². The number of nitriles is 1. The molecule has 172 valence electrons. The molecule has 2 aliphatic rings. The molecule has 3 unspecified atom stereocenters. The van der Waals surface area contributed by atoms with Gasteiger partial charge >= 0.3 is 5.97 Å². The van der Waals surface area contributed by atoms with Crippen LogP contribution in [-0.4, -0.2) is 50.9 Å². The molecule has 1 amide bonds. The van der Waals surface area contributed by atoms with Gasteiger partial charge in [-0.2, -0.15) is 5.26 Å². The molecule has 2 aliphatic heterocycles. The number of hydrogen-bond acceptors (Lipinski definition) is 7. The fourth-order valence-electron chi connectivity index (χ4n) is 4.65. The van der Waals surface area contributed by atoms with Crippen molar-refractivity contribution in [1.82, 2.24) is 14.5 Å². The van der Waals surface area contributed by atoms with E-state index in [0.29, 0.717) is 11.1 Å². The predicted molar refractivity (Wildman–Crippen MR) is 119 cm³/mol. The molecule has 0 radical (unpaired) electrons. The number of rotatable bonds is 6. The Morgan fingerprint density at radius 3 is 2.26 bits per heavy atom. The smallest absolute Gasteiger partial charge is 0.332 e. The number of hydrogen-bond donors (Lipinski definition) is 0. The highest BCUT2D eigenvalue weighted by Gasteiger charge is 2.73. The lowest BCUT2D eigenvalue weighted by Gasteiger charge is -2.36. The van der Waals surface area contributed by atoms with E-state index >= 15 is 0 Å². The van der Waals surface area contributed by atoms with Crippen molar-refractivity contribution in [2.24, 2.45) is 0 Å². The third kappa shape index (κ3) is 3.20. The van der Waals surface area contributed by atoms with Gasteiger partial charge in [-0.05, 0) is 11.1 Å². The van der Waals surface area contributed by atoms with Crippen molar-refractivity contribution < 1.29 is 22.7 Å². The van der Waals surface area contributed by atoms with Crippen molar-refractivity contribution in [3.05, 3.63) is 90.5 Å². The maximum absolute atomic E-state index is 13.7. The summed E-state index contributed by atoms with van der Waals surface area (Å²) in [6, 6.07) is 18.3. The average Bonchev–Trinajstić information content (AvgIpc) is 3.41. The summed E-state index contributed by atoms with van der Waals surface area (Å²) in [4.78, 5) is 31.0. The number of nitrogens with zero attached hydrogens (tertiary/aromatic N) is 4. The van der Waals surface area contributed by atoms with Crippen LogP contribution in [0.25, 0.3) is 0 Å². The van der Waals surface area contributed by atoms with Crippen molar-refractivity contribution in [1.29, 1.82) is 5.26 Å². The van der Waals surface area contributed by atoms with Gasteiger partial charge in [0.05, 0.1) is 25.4 Å². The van der Waals surface area contributed by atoms with Crippen LogP contribution in [0.15, 0.2) is 79.4 Å². The zero-order chi connectivity index (χ0) is 23.9. The Kier molecular flexibility index (Phi) is 5.21. The number of amides is 1. The van der Waals surface area contributed by atoms with Crippen molar-refractivity contribution in [2.75, 3.05) is 0 Å². The molecule has 0 saturated carbocycles. The Hall–Kier alpha value is -3.97. The molecule has 1 aromatic heterocycles. The fraction of sp³-hybridized carbons (Fsp3) is 0.250. The molecular formula is C24H20N4O5S. The number of carbonyl (C=O) groups excluding carboxylic acids is 2. The first kappa shape index (κ1) is 21.9. The molecule has 2 aromatic carbocycles. The van der Waals surface area contributed by atoms with Gasteiger partial charge in [0, 0.05) is 12.4 Å². The molecule has 34 heavy (non-hydrogen) atoms. The van der Waals surface area contributed by atoms with E-state index in [-0.39, 0.29) is 13.0 Å². The van der Waals surface area contributed by atoms with Crippen LogP contribution < -0.4 is 0 Å². The summed E-state index contributed by atoms with van der Waals surface area (Å²) in [5.74, 6) is -1.45. The first-order valence-corrected chi connectivity index (χ1v) is 12.2. The lowest BCUT2D eigenvalue weighted by Crippen LogP contribution is -2.58. The first-order chi connectivity index (χ1) is 16.4. The monoisotopic (exact) mass is 476 g/mol.